The van der Waals surface area contributed by atoms with Crippen molar-refractivity contribution >= 4 is 0 Å². The van der Waals surface area contributed by atoms with E-state index in [-0.39, 0.29) is 6.61 Å². The molecule has 0 aromatic rings. The molecule has 0 aromatic carbocycles. The molecule has 0 amide bonds. The van der Waals surface area contributed by atoms with Gasteiger partial charge in [0.1, 0.15) is 0 Å². The average Bonchev–Trinajstić information content (AvgIpc) is 2.08. The molecule has 0 spiro atoms. The Morgan fingerprint density at radius 1 is 1.29 bits per heavy atom. The average molecular weight is 213 g/mol. The van der Waals surface area contributed by atoms with E-state index >= 15 is 0 Å². The fourth-order valence-electron chi connectivity index (χ4n) is 0.926. The molecule has 0 radical (unpaired) electrons. The van der Waals surface area contributed by atoms with Crippen molar-refractivity contribution in [1.29, 1.82) is 0 Å². The summed E-state index contributed by atoms with van der Waals surface area (Å²) >= 11 is 0. The van der Waals surface area contributed by atoms with E-state index in [0.717, 1.165) is 12.8 Å². The van der Waals surface area contributed by atoms with Gasteiger partial charge in [0.2, 0.25) is 0 Å². The lowest BCUT2D eigenvalue weighted by Gasteiger charge is -2.10. The molecule has 0 saturated carbocycles. The smallest absolute Gasteiger partial charge is 0.381 e. The van der Waals surface area contributed by atoms with Crippen molar-refractivity contribution in [2.75, 3.05) is 20.3 Å². The van der Waals surface area contributed by atoms with E-state index in [2.05, 4.69) is 5.32 Å². The molecule has 0 fully saturated rings. The molecule has 0 aliphatic heterocycles. The molecule has 1 atom stereocenters. The zero-order valence-corrected chi connectivity index (χ0v) is 8.66. The summed E-state index contributed by atoms with van der Waals surface area (Å²) in [6.07, 6.45) is -3.24. The molecule has 0 heterocycles. The van der Waals surface area contributed by atoms with Crippen LogP contribution in [0.5, 0.6) is 0 Å². The Labute approximate surface area is 82.8 Å². The van der Waals surface area contributed by atoms with Gasteiger partial charge in [-0.25, -0.2) is 0 Å². The lowest BCUT2D eigenvalue weighted by atomic mass is 10.2. The second-order valence-electron chi connectivity index (χ2n) is 3.31. The van der Waals surface area contributed by atoms with Crippen LogP contribution in [0.3, 0.4) is 0 Å². The van der Waals surface area contributed by atoms with Crippen LogP contribution in [-0.4, -0.2) is 32.5 Å². The summed E-state index contributed by atoms with van der Waals surface area (Å²) in [6.45, 7) is 2.20. The van der Waals surface area contributed by atoms with E-state index in [1.165, 1.54) is 0 Å². The molecule has 0 bridgehead atoms. The van der Waals surface area contributed by atoms with Crippen LogP contribution >= 0.6 is 0 Å². The Morgan fingerprint density at radius 2 is 1.93 bits per heavy atom. The predicted octanol–water partition coefficient (Wildman–Crippen LogP) is 2.34. The van der Waals surface area contributed by atoms with Crippen LogP contribution in [0.2, 0.25) is 0 Å². The van der Waals surface area contributed by atoms with Gasteiger partial charge < -0.3 is 10.1 Å². The van der Waals surface area contributed by atoms with Crippen LogP contribution in [0.15, 0.2) is 0 Å². The highest BCUT2D eigenvalue weighted by Crippen LogP contribution is 2.18. The third-order valence-electron chi connectivity index (χ3n) is 1.95. The molecule has 1 N–H and O–H groups in total. The van der Waals surface area contributed by atoms with Gasteiger partial charge in [-0.15, -0.1) is 0 Å². The Bertz CT molecular complexity index is 139. The van der Waals surface area contributed by atoms with E-state index in [4.69, 9.17) is 4.74 Å². The largest absolute Gasteiger partial charge is 0.391 e. The maximum absolute atomic E-state index is 11.7. The van der Waals surface area contributed by atoms with E-state index < -0.39 is 12.6 Å². The molecule has 0 saturated heterocycles. The summed E-state index contributed by atoms with van der Waals surface area (Å²) in [6, 6.07) is 0.390. The van der Waals surface area contributed by atoms with Crippen molar-refractivity contribution in [3.63, 3.8) is 0 Å². The number of hydrogen-bond donors (Lipinski definition) is 1. The molecule has 1 unspecified atom stereocenters. The quantitative estimate of drug-likeness (QED) is 0.655. The van der Waals surface area contributed by atoms with Crippen LogP contribution in [0.4, 0.5) is 13.2 Å². The fraction of sp³-hybridized carbons (Fsp3) is 1.00. The minimum atomic E-state index is -4.10. The monoisotopic (exact) mass is 213 g/mol. The molecule has 0 rings (SSSR count). The van der Waals surface area contributed by atoms with Gasteiger partial charge in [0, 0.05) is 12.6 Å². The zero-order valence-electron chi connectivity index (χ0n) is 8.66. The third kappa shape index (κ3) is 9.80. The molecular formula is C9H18F3NO. The van der Waals surface area contributed by atoms with Crippen LogP contribution in [0.25, 0.3) is 0 Å². The molecule has 2 nitrogen and oxygen atoms in total. The number of halogens is 3. The molecule has 0 aromatic heterocycles. The molecule has 14 heavy (non-hydrogen) atoms. The van der Waals surface area contributed by atoms with Gasteiger partial charge in [-0.05, 0) is 26.8 Å². The highest BCUT2D eigenvalue weighted by atomic mass is 19.4. The van der Waals surface area contributed by atoms with Gasteiger partial charge in [0.25, 0.3) is 0 Å². The van der Waals surface area contributed by atoms with Gasteiger partial charge in [-0.2, -0.15) is 13.2 Å². The number of rotatable bonds is 7. The summed E-state index contributed by atoms with van der Waals surface area (Å²) in [5.41, 5.74) is 0. The first kappa shape index (κ1) is 13.7. The topological polar surface area (TPSA) is 21.3 Å². The second-order valence-corrected chi connectivity index (χ2v) is 3.31. The van der Waals surface area contributed by atoms with Gasteiger partial charge in [-0.1, -0.05) is 0 Å². The van der Waals surface area contributed by atoms with Crippen LogP contribution in [0, 0.1) is 0 Å². The summed E-state index contributed by atoms with van der Waals surface area (Å²) in [5, 5.41) is 3.04. The summed E-state index contributed by atoms with van der Waals surface area (Å²) in [4.78, 5) is 0. The van der Waals surface area contributed by atoms with Crippen molar-refractivity contribution in [1.82, 2.24) is 5.32 Å². The summed E-state index contributed by atoms with van der Waals surface area (Å²) in [7, 11) is 1.86. The fourth-order valence-corrected chi connectivity index (χ4v) is 0.926. The third-order valence-corrected chi connectivity index (χ3v) is 1.95. The minimum Gasteiger partial charge on any atom is -0.381 e. The maximum atomic E-state index is 11.7. The number of nitrogens with one attached hydrogen (secondary N) is 1. The lowest BCUT2D eigenvalue weighted by molar-refractivity contribution is -0.145. The van der Waals surface area contributed by atoms with E-state index in [9.17, 15) is 13.2 Å². The molecule has 0 aliphatic rings. The SMILES string of the molecule is CNC(C)CCCOCCC(F)(F)F. The molecule has 86 valence electrons. The second kappa shape index (κ2) is 7.06. The van der Waals surface area contributed by atoms with Gasteiger partial charge in [0.05, 0.1) is 13.0 Å². The normalized spacial score (nSPS) is 14.4. The lowest BCUT2D eigenvalue weighted by Crippen LogP contribution is -2.21. The van der Waals surface area contributed by atoms with Gasteiger partial charge in [-0.3, -0.25) is 0 Å². The first-order valence-electron chi connectivity index (χ1n) is 4.77. The van der Waals surface area contributed by atoms with Crippen molar-refractivity contribution in [2.24, 2.45) is 0 Å². The Balaban J connectivity index is 3.14. The Kier molecular flexibility index (Phi) is 6.92. The molecular weight excluding hydrogens is 195 g/mol. The summed E-state index contributed by atoms with van der Waals surface area (Å²) in [5.74, 6) is 0. The Morgan fingerprint density at radius 3 is 2.43 bits per heavy atom. The molecule has 0 aliphatic carbocycles. The first-order chi connectivity index (χ1) is 6.45. The maximum Gasteiger partial charge on any atom is 0.391 e. The zero-order chi connectivity index (χ0) is 11.0. The number of alkyl halides is 3. The van der Waals surface area contributed by atoms with Gasteiger partial charge >= 0.3 is 6.18 Å². The highest BCUT2D eigenvalue weighted by molar-refractivity contribution is 4.56. The number of ether oxygens (including phenoxy) is 1. The Hall–Kier alpha value is -0.290. The van der Waals surface area contributed by atoms with Crippen molar-refractivity contribution < 1.29 is 17.9 Å². The first-order valence-corrected chi connectivity index (χ1v) is 4.77. The van der Waals surface area contributed by atoms with Crippen molar-refractivity contribution in [2.45, 2.75) is 38.4 Å². The van der Waals surface area contributed by atoms with Crippen LogP contribution in [-0.2, 0) is 4.74 Å². The van der Waals surface area contributed by atoms with Crippen LogP contribution < -0.4 is 5.32 Å². The van der Waals surface area contributed by atoms with Crippen molar-refractivity contribution in [3.05, 3.63) is 0 Å². The van der Waals surface area contributed by atoms with E-state index in [0.29, 0.717) is 12.6 Å². The summed E-state index contributed by atoms with van der Waals surface area (Å²) < 4.78 is 39.8. The predicted molar refractivity (Wildman–Crippen MR) is 49.2 cm³/mol. The van der Waals surface area contributed by atoms with Gasteiger partial charge in [0.15, 0.2) is 0 Å². The highest BCUT2D eigenvalue weighted by Gasteiger charge is 2.26. The van der Waals surface area contributed by atoms with Crippen molar-refractivity contribution in [3.8, 4) is 0 Å². The number of hydrogen-bond acceptors (Lipinski definition) is 2. The minimum absolute atomic E-state index is 0.225. The van der Waals surface area contributed by atoms with E-state index in [1.807, 2.05) is 14.0 Å². The molecule has 5 heteroatoms. The standard InChI is InChI=1S/C9H18F3NO/c1-8(13-2)4-3-6-14-7-5-9(10,11)12/h8,13H,3-7H2,1-2H3. The van der Waals surface area contributed by atoms with Crippen LogP contribution in [0.1, 0.15) is 26.2 Å². The van der Waals surface area contributed by atoms with E-state index in [1.54, 1.807) is 0 Å².